The van der Waals surface area contributed by atoms with E-state index < -0.39 is 35.3 Å². The Labute approximate surface area is 132 Å². The summed E-state index contributed by atoms with van der Waals surface area (Å²) in [4.78, 5) is 11.3. The van der Waals surface area contributed by atoms with Crippen LogP contribution in [0.4, 0.5) is 13.2 Å². The zero-order valence-electron chi connectivity index (χ0n) is 11.7. The molecule has 1 aromatic carbocycles. The Hall–Kier alpha value is -2.01. The number of halogens is 4. The first kappa shape index (κ1) is 18.0. The summed E-state index contributed by atoms with van der Waals surface area (Å²) < 4.78 is 38.1. The minimum absolute atomic E-state index is 0.174. The van der Waals surface area contributed by atoms with Crippen molar-refractivity contribution >= 4 is 17.5 Å². The van der Waals surface area contributed by atoms with Gasteiger partial charge in [-0.1, -0.05) is 43.0 Å². The molecule has 0 aliphatic heterocycles. The Morgan fingerprint density at radius 3 is 2.18 bits per heavy atom. The minimum atomic E-state index is -1.21. The van der Waals surface area contributed by atoms with Crippen LogP contribution in [-0.4, -0.2) is 18.1 Å². The van der Waals surface area contributed by atoms with E-state index in [1.54, 1.807) is 0 Å². The number of carbonyl (C=O) groups is 1. The molecular weight excluding hydrogens is 315 g/mol. The third-order valence-corrected chi connectivity index (χ3v) is 2.93. The molecule has 2 unspecified atom stereocenters. The van der Waals surface area contributed by atoms with E-state index in [1.807, 2.05) is 30.3 Å². The van der Waals surface area contributed by atoms with Crippen molar-refractivity contribution in [2.75, 3.05) is 0 Å². The van der Waals surface area contributed by atoms with Crippen molar-refractivity contribution in [2.45, 2.75) is 18.6 Å². The van der Waals surface area contributed by atoms with Crippen LogP contribution in [-0.2, 0) is 4.79 Å². The summed E-state index contributed by atoms with van der Waals surface area (Å²) >= 11 is 5.54. The molecule has 0 spiro atoms. The molecule has 0 radical (unpaired) electrons. The van der Waals surface area contributed by atoms with Crippen LogP contribution >= 0.6 is 11.6 Å². The van der Waals surface area contributed by atoms with Gasteiger partial charge in [-0.25, -0.2) is 13.2 Å². The van der Waals surface area contributed by atoms with E-state index in [2.05, 4.69) is 18.5 Å². The highest BCUT2D eigenvalue weighted by molar-refractivity contribution is 6.30. The highest BCUT2D eigenvalue weighted by Crippen LogP contribution is 2.26. The maximum atomic E-state index is 13.0. The first-order chi connectivity index (χ1) is 10.4. The smallest absolute Gasteiger partial charge is 0.257 e. The van der Waals surface area contributed by atoms with Crippen molar-refractivity contribution < 1.29 is 18.0 Å². The van der Waals surface area contributed by atoms with Crippen molar-refractivity contribution in [1.82, 2.24) is 5.32 Å². The van der Waals surface area contributed by atoms with Gasteiger partial charge in [0.15, 0.2) is 0 Å². The molecule has 2 nitrogen and oxygen atoms in total. The molecule has 1 N–H and O–H groups in total. The predicted molar refractivity (Wildman–Crippen MR) is 81.5 cm³/mol. The summed E-state index contributed by atoms with van der Waals surface area (Å²) in [7, 11) is 0. The first-order valence-electron chi connectivity index (χ1n) is 6.39. The molecule has 1 saturated carbocycles. The van der Waals surface area contributed by atoms with Crippen molar-refractivity contribution in [2.24, 2.45) is 0 Å². The van der Waals surface area contributed by atoms with Gasteiger partial charge in [-0.15, -0.1) is 0 Å². The van der Waals surface area contributed by atoms with Crippen LogP contribution in [0.5, 0.6) is 0 Å². The number of rotatable bonds is 4. The van der Waals surface area contributed by atoms with Crippen LogP contribution in [0.15, 0.2) is 66.8 Å². The Bertz CT molecular complexity index is 586. The fraction of sp³-hybridized carbons (Fsp3) is 0.188. The Kier molecular flexibility index (Phi) is 6.92. The molecule has 2 rings (SSSR count). The van der Waals surface area contributed by atoms with Crippen LogP contribution in [0.3, 0.4) is 0 Å². The number of hydrogen-bond acceptors (Lipinski definition) is 1. The van der Waals surface area contributed by atoms with Crippen LogP contribution < -0.4 is 5.32 Å². The summed E-state index contributed by atoms with van der Waals surface area (Å²) in [5.74, 6) is -3.33. The standard InChI is InChI=1S/C10H10F3NO.C6H5Cl/c1-3-6(12)9(5(2)11)10(15)14-8-4-7(8)13;7-6-4-2-1-3-5-6/h3,7-8H,1-2,4H2,(H,14,15);1-5H/b9-6-;. The van der Waals surface area contributed by atoms with E-state index in [0.717, 1.165) is 5.02 Å². The van der Waals surface area contributed by atoms with Gasteiger partial charge in [0.1, 0.15) is 23.4 Å². The third-order valence-electron chi connectivity index (χ3n) is 2.68. The number of nitrogens with one attached hydrogen (secondary N) is 1. The van der Waals surface area contributed by atoms with Gasteiger partial charge in [-0.05, 0) is 18.2 Å². The quantitative estimate of drug-likeness (QED) is 0.642. The molecule has 22 heavy (non-hydrogen) atoms. The average molecular weight is 330 g/mol. The molecule has 1 fully saturated rings. The molecule has 1 aromatic rings. The van der Waals surface area contributed by atoms with E-state index >= 15 is 0 Å². The summed E-state index contributed by atoms with van der Waals surface area (Å²) in [5, 5.41) is 2.93. The maximum Gasteiger partial charge on any atom is 0.257 e. The lowest BCUT2D eigenvalue weighted by Crippen LogP contribution is -2.29. The highest BCUT2D eigenvalue weighted by atomic mass is 35.5. The van der Waals surface area contributed by atoms with Crippen molar-refractivity contribution in [3.63, 3.8) is 0 Å². The second-order valence-electron chi connectivity index (χ2n) is 4.46. The molecule has 118 valence electrons. The van der Waals surface area contributed by atoms with Gasteiger partial charge in [0.05, 0.1) is 6.04 Å². The first-order valence-corrected chi connectivity index (χ1v) is 6.77. The number of amides is 1. The largest absolute Gasteiger partial charge is 0.346 e. The molecule has 0 bridgehead atoms. The fourth-order valence-electron chi connectivity index (χ4n) is 1.43. The number of hydrogen-bond donors (Lipinski definition) is 1. The van der Waals surface area contributed by atoms with Gasteiger partial charge in [0, 0.05) is 11.4 Å². The molecule has 0 heterocycles. The maximum absolute atomic E-state index is 13.0. The second kappa shape index (κ2) is 8.44. The molecule has 2 atom stereocenters. The normalized spacial score (nSPS) is 20.0. The zero-order valence-corrected chi connectivity index (χ0v) is 12.4. The Morgan fingerprint density at radius 2 is 1.86 bits per heavy atom. The number of allylic oxidation sites excluding steroid dienone is 2. The van der Waals surface area contributed by atoms with E-state index in [9.17, 15) is 18.0 Å². The van der Waals surface area contributed by atoms with Crippen LogP contribution in [0.25, 0.3) is 0 Å². The molecule has 1 amide bonds. The van der Waals surface area contributed by atoms with Crippen molar-refractivity contribution in [3.8, 4) is 0 Å². The van der Waals surface area contributed by atoms with E-state index in [0.29, 0.717) is 6.08 Å². The van der Waals surface area contributed by atoms with Gasteiger partial charge in [-0.2, -0.15) is 0 Å². The highest BCUT2D eigenvalue weighted by Gasteiger charge is 2.39. The van der Waals surface area contributed by atoms with E-state index in [-0.39, 0.29) is 6.42 Å². The van der Waals surface area contributed by atoms with Gasteiger partial charge in [-0.3, -0.25) is 4.79 Å². The lowest BCUT2D eigenvalue weighted by molar-refractivity contribution is -0.117. The van der Waals surface area contributed by atoms with Gasteiger partial charge in [0.2, 0.25) is 0 Å². The Morgan fingerprint density at radius 1 is 1.32 bits per heavy atom. The summed E-state index contributed by atoms with van der Waals surface area (Å²) in [6.07, 6.45) is -0.262. The van der Waals surface area contributed by atoms with E-state index in [4.69, 9.17) is 11.6 Å². The molecule has 6 heteroatoms. The summed E-state index contributed by atoms with van der Waals surface area (Å²) in [6, 6.07) is 8.80. The van der Waals surface area contributed by atoms with E-state index in [1.165, 1.54) is 0 Å². The molecule has 0 aromatic heterocycles. The van der Waals surface area contributed by atoms with Gasteiger partial charge < -0.3 is 5.32 Å². The summed E-state index contributed by atoms with van der Waals surface area (Å²) in [6.45, 7) is 5.89. The predicted octanol–water partition coefficient (Wildman–Crippen LogP) is 4.45. The zero-order chi connectivity index (χ0) is 16.7. The SMILES string of the molecule is C=C/C(F)=C(\C(=C)F)C(=O)NC1CC1F.Clc1ccccc1. The number of carbonyl (C=O) groups excluding carboxylic acids is 1. The lowest BCUT2D eigenvalue weighted by atomic mass is 10.2. The van der Waals surface area contributed by atoms with Crippen LogP contribution in [0.1, 0.15) is 6.42 Å². The monoisotopic (exact) mass is 329 g/mol. The molecule has 1 aliphatic rings. The van der Waals surface area contributed by atoms with Crippen molar-refractivity contribution in [1.29, 1.82) is 0 Å². The lowest BCUT2D eigenvalue weighted by Gasteiger charge is -2.05. The number of alkyl halides is 1. The molecular formula is C16H15ClF3NO. The minimum Gasteiger partial charge on any atom is -0.346 e. The Balaban J connectivity index is 0.000000287. The third kappa shape index (κ3) is 5.77. The van der Waals surface area contributed by atoms with Crippen LogP contribution in [0, 0.1) is 0 Å². The average Bonchev–Trinajstić information content (AvgIpc) is 3.15. The number of benzene rings is 1. The molecule has 0 saturated heterocycles. The molecule has 1 aliphatic carbocycles. The van der Waals surface area contributed by atoms with Gasteiger partial charge >= 0.3 is 0 Å². The summed E-state index contributed by atoms with van der Waals surface area (Å²) in [5.41, 5.74) is -0.830. The van der Waals surface area contributed by atoms with Crippen LogP contribution in [0.2, 0.25) is 5.02 Å². The second-order valence-corrected chi connectivity index (χ2v) is 4.90. The fourth-order valence-corrected chi connectivity index (χ4v) is 1.58. The van der Waals surface area contributed by atoms with Gasteiger partial charge in [0.25, 0.3) is 5.91 Å². The van der Waals surface area contributed by atoms with Crippen molar-refractivity contribution in [3.05, 3.63) is 71.8 Å². The topological polar surface area (TPSA) is 29.1 Å².